The van der Waals surface area contributed by atoms with Gasteiger partial charge in [-0.15, -0.1) is 0 Å². The zero-order valence-corrected chi connectivity index (χ0v) is 9.25. The van der Waals surface area contributed by atoms with Crippen LogP contribution >= 0.6 is 0 Å². The minimum absolute atomic E-state index is 1.12. The molecule has 14 heavy (non-hydrogen) atoms. The van der Waals surface area contributed by atoms with Gasteiger partial charge in [0.05, 0.1) is 0 Å². The molecule has 1 rings (SSSR count). The van der Waals surface area contributed by atoms with Gasteiger partial charge in [0.15, 0.2) is 0 Å². The molecule has 0 spiro atoms. The van der Waals surface area contributed by atoms with Crippen molar-refractivity contribution < 1.29 is 0 Å². The normalized spacial score (nSPS) is 21.7. The molecule has 0 aromatic heterocycles. The van der Waals surface area contributed by atoms with Crippen LogP contribution in [0.15, 0.2) is 24.3 Å². The molecule has 0 unspecified atom stereocenters. The van der Waals surface area contributed by atoms with E-state index in [2.05, 4.69) is 30.7 Å². The summed E-state index contributed by atoms with van der Waals surface area (Å²) < 4.78 is 0. The van der Waals surface area contributed by atoms with Gasteiger partial charge in [0.25, 0.3) is 0 Å². The molecule has 0 heterocycles. The summed E-state index contributed by atoms with van der Waals surface area (Å²) in [7, 11) is 0. The molecular weight excluding hydrogens is 168 g/mol. The minimum atomic E-state index is 1.12. The second-order valence-electron chi connectivity index (χ2n) is 4.04. The van der Waals surface area contributed by atoms with E-state index in [4.69, 9.17) is 0 Å². The van der Waals surface area contributed by atoms with Gasteiger partial charge in [-0.2, -0.15) is 0 Å². The molecule has 1 aliphatic carbocycles. The highest BCUT2D eigenvalue weighted by Crippen LogP contribution is 2.10. The van der Waals surface area contributed by atoms with Crippen molar-refractivity contribution in [2.45, 2.75) is 57.8 Å². The van der Waals surface area contributed by atoms with E-state index in [-0.39, 0.29) is 0 Å². The Bertz CT molecular complexity index is 147. The van der Waals surface area contributed by atoms with Gasteiger partial charge in [0.1, 0.15) is 0 Å². The first-order chi connectivity index (χ1) is 7.00. The lowest BCUT2D eigenvalue weighted by atomic mass is 10.1. The Balaban J connectivity index is 2.17. The minimum Gasteiger partial charge on any atom is -0.0882 e. The molecule has 0 amide bonds. The van der Waals surface area contributed by atoms with Crippen LogP contribution in [0.1, 0.15) is 57.8 Å². The topological polar surface area (TPSA) is 0 Å². The first kappa shape index (κ1) is 11.6. The molecule has 0 heteroatoms. The van der Waals surface area contributed by atoms with Crippen molar-refractivity contribution >= 4 is 0 Å². The molecule has 0 atom stereocenters. The third-order valence-electron chi connectivity index (χ3n) is 2.67. The highest BCUT2D eigenvalue weighted by molar-refractivity contribution is 4.93. The number of rotatable bonds is 0. The first-order valence-corrected chi connectivity index (χ1v) is 6.12. The zero-order valence-electron chi connectivity index (χ0n) is 9.25. The van der Waals surface area contributed by atoms with E-state index in [1.165, 1.54) is 51.4 Å². The number of hydrogen-bond donors (Lipinski definition) is 0. The standard InChI is InChI=1S/C14H23/c1-2-4-6-8-10-12-14-13-11-9-7-5-3-1/h1-2,5,7-8H,3-4,6,9-14H2. The highest BCUT2D eigenvalue weighted by Gasteiger charge is 1.91. The maximum Gasteiger partial charge on any atom is -0.0169 e. The van der Waals surface area contributed by atoms with E-state index in [0.29, 0.717) is 0 Å². The van der Waals surface area contributed by atoms with Crippen LogP contribution in [0, 0.1) is 6.42 Å². The Kier molecular flexibility index (Phi) is 7.47. The first-order valence-electron chi connectivity index (χ1n) is 6.12. The van der Waals surface area contributed by atoms with Crippen molar-refractivity contribution in [2.75, 3.05) is 0 Å². The molecule has 0 saturated heterocycles. The predicted octanol–water partition coefficient (Wildman–Crippen LogP) is 4.83. The summed E-state index contributed by atoms with van der Waals surface area (Å²) in [6, 6.07) is 0. The molecule has 0 nitrogen and oxygen atoms in total. The summed E-state index contributed by atoms with van der Waals surface area (Å²) in [4.78, 5) is 0. The van der Waals surface area contributed by atoms with E-state index in [1.807, 2.05) is 0 Å². The van der Waals surface area contributed by atoms with Gasteiger partial charge in [-0.1, -0.05) is 50.0 Å². The maximum absolute atomic E-state index is 2.45. The second-order valence-corrected chi connectivity index (χ2v) is 4.04. The third kappa shape index (κ3) is 6.94. The quantitative estimate of drug-likeness (QED) is 0.481. The monoisotopic (exact) mass is 191 g/mol. The highest BCUT2D eigenvalue weighted by atomic mass is 14.0. The Hall–Kier alpha value is -0.520. The molecule has 1 radical (unpaired) electrons. The number of hydrogen-bond acceptors (Lipinski definition) is 0. The Morgan fingerprint density at radius 2 is 1.21 bits per heavy atom. The van der Waals surface area contributed by atoms with E-state index in [1.54, 1.807) is 0 Å². The van der Waals surface area contributed by atoms with E-state index in [9.17, 15) is 0 Å². The fraction of sp³-hybridized carbons (Fsp3) is 0.643. The summed E-state index contributed by atoms with van der Waals surface area (Å²) in [5.74, 6) is 0. The van der Waals surface area contributed by atoms with Gasteiger partial charge in [0, 0.05) is 0 Å². The fourth-order valence-electron chi connectivity index (χ4n) is 1.77. The Labute approximate surface area is 89.1 Å². The van der Waals surface area contributed by atoms with Crippen LogP contribution in [-0.4, -0.2) is 0 Å². The largest absolute Gasteiger partial charge is 0.0882 e. The summed E-state index contributed by atoms with van der Waals surface area (Å²) in [5, 5.41) is 0. The predicted molar refractivity (Wildman–Crippen MR) is 64.1 cm³/mol. The van der Waals surface area contributed by atoms with Crippen molar-refractivity contribution in [3.05, 3.63) is 30.7 Å². The van der Waals surface area contributed by atoms with Crippen molar-refractivity contribution in [3.63, 3.8) is 0 Å². The molecule has 0 saturated carbocycles. The lowest BCUT2D eigenvalue weighted by molar-refractivity contribution is 0.634. The Morgan fingerprint density at radius 1 is 0.500 bits per heavy atom. The molecule has 0 aliphatic heterocycles. The van der Waals surface area contributed by atoms with Crippen LogP contribution in [0.5, 0.6) is 0 Å². The van der Waals surface area contributed by atoms with Crippen molar-refractivity contribution in [2.24, 2.45) is 0 Å². The zero-order chi connectivity index (χ0) is 9.90. The van der Waals surface area contributed by atoms with Crippen LogP contribution in [0.4, 0.5) is 0 Å². The Morgan fingerprint density at radius 3 is 2.07 bits per heavy atom. The SMILES string of the molecule is [CH]1CCC=CCC=CCCCCCC1. The van der Waals surface area contributed by atoms with Crippen molar-refractivity contribution in [1.82, 2.24) is 0 Å². The van der Waals surface area contributed by atoms with Crippen molar-refractivity contribution in [1.29, 1.82) is 0 Å². The van der Waals surface area contributed by atoms with Gasteiger partial charge in [0.2, 0.25) is 0 Å². The lowest BCUT2D eigenvalue weighted by Gasteiger charge is -2.00. The summed E-state index contributed by atoms with van der Waals surface area (Å²) in [6.07, 6.45) is 23.5. The van der Waals surface area contributed by atoms with Crippen molar-refractivity contribution in [3.8, 4) is 0 Å². The number of allylic oxidation sites excluding steroid dienone is 4. The second kappa shape index (κ2) is 9.05. The van der Waals surface area contributed by atoms with Crippen LogP contribution in [0.25, 0.3) is 0 Å². The van der Waals surface area contributed by atoms with E-state index < -0.39 is 0 Å². The summed E-state index contributed by atoms with van der Waals surface area (Å²) in [6.45, 7) is 0. The molecular formula is C14H23. The van der Waals surface area contributed by atoms with E-state index in [0.717, 1.165) is 6.42 Å². The van der Waals surface area contributed by atoms with E-state index >= 15 is 0 Å². The average molecular weight is 191 g/mol. The van der Waals surface area contributed by atoms with Gasteiger partial charge < -0.3 is 0 Å². The lowest BCUT2D eigenvalue weighted by Crippen LogP contribution is -1.81. The van der Waals surface area contributed by atoms with Gasteiger partial charge >= 0.3 is 0 Å². The average Bonchev–Trinajstić information content (AvgIpc) is 2.22. The summed E-state index contributed by atoms with van der Waals surface area (Å²) >= 11 is 0. The van der Waals surface area contributed by atoms with Gasteiger partial charge in [-0.25, -0.2) is 0 Å². The van der Waals surface area contributed by atoms with Gasteiger partial charge in [-0.05, 0) is 38.5 Å². The van der Waals surface area contributed by atoms with Crippen LogP contribution in [0.2, 0.25) is 0 Å². The molecule has 0 bridgehead atoms. The van der Waals surface area contributed by atoms with Crippen LogP contribution < -0.4 is 0 Å². The van der Waals surface area contributed by atoms with Gasteiger partial charge in [-0.3, -0.25) is 0 Å². The molecule has 79 valence electrons. The molecule has 0 aromatic rings. The van der Waals surface area contributed by atoms with Crippen LogP contribution in [-0.2, 0) is 0 Å². The maximum atomic E-state index is 2.45. The smallest absolute Gasteiger partial charge is 0.0169 e. The third-order valence-corrected chi connectivity index (χ3v) is 2.67. The molecule has 0 N–H and O–H groups in total. The fourth-order valence-corrected chi connectivity index (χ4v) is 1.77. The molecule has 1 aliphatic rings. The molecule has 0 aromatic carbocycles. The molecule has 0 fully saturated rings. The van der Waals surface area contributed by atoms with Crippen LogP contribution in [0.3, 0.4) is 0 Å². The summed E-state index contributed by atoms with van der Waals surface area (Å²) in [5.41, 5.74) is 0.